The second-order valence-corrected chi connectivity index (χ2v) is 6.69. The van der Waals surface area contributed by atoms with E-state index in [1.54, 1.807) is 6.07 Å². The maximum Gasteiger partial charge on any atom is 0.0762 e. The molecule has 1 N–H and O–H groups in total. The van der Waals surface area contributed by atoms with Gasteiger partial charge in [0.2, 0.25) is 0 Å². The summed E-state index contributed by atoms with van der Waals surface area (Å²) < 4.78 is 1.88. The van der Waals surface area contributed by atoms with Crippen LogP contribution in [0.15, 0.2) is 30.5 Å². The topological polar surface area (TPSA) is 29.9 Å². The molecule has 0 fully saturated rings. The van der Waals surface area contributed by atoms with E-state index >= 15 is 0 Å². The lowest BCUT2D eigenvalue weighted by molar-refractivity contribution is 0.419. The van der Waals surface area contributed by atoms with E-state index < -0.39 is 0 Å². The summed E-state index contributed by atoms with van der Waals surface area (Å²) in [6.07, 6.45) is 1.96. The van der Waals surface area contributed by atoms with Crippen molar-refractivity contribution in [2.75, 3.05) is 0 Å². The maximum atomic E-state index is 6.17. The lowest BCUT2D eigenvalue weighted by atomic mass is 10.1. The highest BCUT2D eigenvalue weighted by Crippen LogP contribution is 2.21. The van der Waals surface area contributed by atoms with Gasteiger partial charge in [-0.25, -0.2) is 0 Å². The summed E-state index contributed by atoms with van der Waals surface area (Å²) in [5.41, 5.74) is 2.11. The number of hydrogen-bond donors (Lipinski definition) is 1. The number of hydrogen-bond acceptors (Lipinski definition) is 2. The number of aromatic nitrogens is 2. The fourth-order valence-corrected chi connectivity index (χ4v) is 2.23. The fraction of sp³-hybridized carbons (Fsp3) is 0.400. The van der Waals surface area contributed by atoms with Crippen molar-refractivity contribution in [2.24, 2.45) is 0 Å². The van der Waals surface area contributed by atoms with E-state index in [0.717, 1.165) is 17.8 Å². The normalized spacial score (nSPS) is 11.8. The molecule has 2 aromatic rings. The van der Waals surface area contributed by atoms with E-state index in [1.165, 1.54) is 0 Å². The van der Waals surface area contributed by atoms with E-state index in [2.05, 4.69) is 31.2 Å². The van der Waals surface area contributed by atoms with Crippen molar-refractivity contribution in [1.29, 1.82) is 0 Å². The molecule has 1 aromatic carbocycles. The first kappa shape index (κ1) is 15.4. The fourth-order valence-electron chi connectivity index (χ4n) is 1.77. The van der Waals surface area contributed by atoms with Crippen molar-refractivity contribution in [2.45, 2.75) is 39.4 Å². The van der Waals surface area contributed by atoms with Crippen LogP contribution in [0.1, 0.15) is 32.0 Å². The molecule has 0 spiro atoms. The van der Waals surface area contributed by atoms with Crippen LogP contribution >= 0.6 is 23.2 Å². The second kappa shape index (κ2) is 6.17. The first-order valence-electron chi connectivity index (χ1n) is 6.55. The lowest BCUT2D eigenvalue weighted by Crippen LogP contribution is -2.35. The molecule has 1 aromatic heterocycles. The van der Waals surface area contributed by atoms with Crippen LogP contribution in [0, 0.1) is 0 Å². The van der Waals surface area contributed by atoms with E-state index in [-0.39, 0.29) is 5.54 Å². The number of benzene rings is 1. The number of halogens is 2. The molecule has 0 atom stereocenters. The Morgan fingerprint density at radius 2 is 1.95 bits per heavy atom. The first-order chi connectivity index (χ1) is 9.33. The van der Waals surface area contributed by atoms with Gasteiger partial charge in [0.1, 0.15) is 0 Å². The van der Waals surface area contributed by atoms with Crippen LogP contribution in [0.4, 0.5) is 0 Å². The van der Waals surface area contributed by atoms with Crippen molar-refractivity contribution in [1.82, 2.24) is 15.1 Å². The Morgan fingerprint density at radius 1 is 1.20 bits per heavy atom. The molecule has 0 amide bonds. The Morgan fingerprint density at radius 3 is 2.60 bits per heavy atom. The van der Waals surface area contributed by atoms with Crippen molar-refractivity contribution < 1.29 is 0 Å². The van der Waals surface area contributed by atoms with E-state index in [9.17, 15) is 0 Å². The van der Waals surface area contributed by atoms with Gasteiger partial charge < -0.3 is 5.32 Å². The molecule has 1 heterocycles. The molecular formula is C15H19Cl2N3. The summed E-state index contributed by atoms with van der Waals surface area (Å²) in [4.78, 5) is 0. The average Bonchev–Trinajstić information content (AvgIpc) is 2.77. The van der Waals surface area contributed by atoms with Gasteiger partial charge in [-0.2, -0.15) is 5.10 Å². The van der Waals surface area contributed by atoms with Crippen molar-refractivity contribution in [3.05, 3.63) is 51.8 Å². The third kappa shape index (κ3) is 4.51. The first-order valence-corrected chi connectivity index (χ1v) is 7.30. The Balaban J connectivity index is 2.02. The largest absolute Gasteiger partial charge is 0.306 e. The molecule has 5 heteroatoms. The van der Waals surface area contributed by atoms with Crippen LogP contribution < -0.4 is 5.32 Å². The smallest absolute Gasteiger partial charge is 0.0762 e. The molecule has 0 aliphatic heterocycles. The van der Waals surface area contributed by atoms with Gasteiger partial charge in [-0.3, -0.25) is 4.68 Å². The van der Waals surface area contributed by atoms with E-state index in [1.807, 2.05) is 29.1 Å². The van der Waals surface area contributed by atoms with E-state index in [0.29, 0.717) is 16.6 Å². The molecule has 20 heavy (non-hydrogen) atoms. The summed E-state index contributed by atoms with van der Waals surface area (Å²) in [7, 11) is 0. The number of rotatable bonds is 4. The molecule has 108 valence electrons. The molecular weight excluding hydrogens is 293 g/mol. The zero-order valence-electron chi connectivity index (χ0n) is 12.0. The van der Waals surface area contributed by atoms with E-state index in [4.69, 9.17) is 23.2 Å². The third-order valence-corrected chi connectivity index (χ3v) is 3.43. The van der Waals surface area contributed by atoms with Gasteiger partial charge in [-0.05, 0) is 44.5 Å². The summed E-state index contributed by atoms with van der Waals surface area (Å²) >= 11 is 12.1. The second-order valence-electron chi connectivity index (χ2n) is 5.84. The molecule has 0 aliphatic carbocycles. The number of nitrogens with zero attached hydrogens (tertiary/aromatic N) is 2. The van der Waals surface area contributed by atoms with Gasteiger partial charge in [0.05, 0.1) is 12.2 Å². The van der Waals surface area contributed by atoms with Gasteiger partial charge >= 0.3 is 0 Å². The van der Waals surface area contributed by atoms with Crippen LogP contribution in [0.5, 0.6) is 0 Å². The maximum absolute atomic E-state index is 6.17. The minimum atomic E-state index is 0.0866. The van der Waals surface area contributed by atoms with Crippen LogP contribution in [0.3, 0.4) is 0 Å². The molecule has 0 radical (unpaired) electrons. The summed E-state index contributed by atoms with van der Waals surface area (Å²) in [5.74, 6) is 0. The lowest BCUT2D eigenvalue weighted by Gasteiger charge is -2.19. The number of nitrogens with one attached hydrogen (secondary N) is 1. The highest BCUT2D eigenvalue weighted by Gasteiger charge is 2.10. The zero-order valence-corrected chi connectivity index (χ0v) is 13.5. The Kier molecular flexibility index (Phi) is 4.74. The predicted molar refractivity (Wildman–Crippen MR) is 84.4 cm³/mol. The summed E-state index contributed by atoms with van der Waals surface area (Å²) in [6.45, 7) is 7.81. The van der Waals surface area contributed by atoms with Gasteiger partial charge in [-0.15, -0.1) is 0 Å². The SMILES string of the molecule is CC(C)(C)NCc1ccn(Cc2ccc(Cl)cc2Cl)n1. The minimum absolute atomic E-state index is 0.0866. The van der Waals surface area contributed by atoms with Crippen LogP contribution in [0.25, 0.3) is 0 Å². The molecule has 3 nitrogen and oxygen atoms in total. The quantitative estimate of drug-likeness (QED) is 0.920. The van der Waals surface area contributed by atoms with Gasteiger partial charge in [0.15, 0.2) is 0 Å². The van der Waals surface area contributed by atoms with Gasteiger partial charge in [0.25, 0.3) is 0 Å². The molecule has 0 unspecified atom stereocenters. The predicted octanol–water partition coefficient (Wildman–Crippen LogP) is 4.13. The van der Waals surface area contributed by atoms with Gasteiger partial charge in [-0.1, -0.05) is 29.3 Å². The Hall–Kier alpha value is -1.03. The average molecular weight is 312 g/mol. The highest BCUT2D eigenvalue weighted by molar-refractivity contribution is 6.35. The Bertz CT molecular complexity index is 585. The van der Waals surface area contributed by atoms with Crippen molar-refractivity contribution in [3.8, 4) is 0 Å². The molecule has 2 rings (SSSR count). The van der Waals surface area contributed by atoms with Crippen LogP contribution in [0.2, 0.25) is 10.0 Å². The summed E-state index contributed by atoms with van der Waals surface area (Å²) in [6, 6.07) is 7.54. The van der Waals surface area contributed by atoms with Gasteiger partial charge in [0, 0.05) is 28.3 Å². The molecule has 0 aliphatic rings. The summed E-state index contributed by atoms with van der Waals surface area (Å²) in [5, 5.41) is 9.27. The third-order valence-electron chi connectivity index (χ3n) is 2.84. The van der Waals surface area contributed by atoms with Crippen LogP contribution in [-0.2, 0) is 13.1 Å². The Labute approximate surface area is 129 Å². The molecule has 0 saturated heterocycles. The molecule has 0 bridgehead atoms. The van der Waals surface area contributed by atoms with Crippen molar-refractivity contribution >= 4 is 23.2 Å². The minimum Gasteiger partial charge on any atom is -0.306 e. The molecule has 0 saturated carbocycles. The standard InChI is InChI=1S/C15H19Cl2N3/c1-15(2,3)18-9-13-6-7-20(19-13)10-11-4-5-12(16)8-14(11)17/h4-8,18H,9-10H2,1-3H3. The van der Waals surface area contributed by atoms with Crippen molar-refractivity contribution in [3.63, 3.8) is 0 Å². The van der Waals surface area contributed by atoms with Crippen LogP contribution in [-0.4, -0.2) is 15.3 Å². The monoisotopic (exact) mass is 311 g/mol. The zero-order chi connectivity index (χ0) is 14.8. The highest BCUT2D eigenvalue weighted by atomic mass is 35.5.